The second-order valence-corrected chi connectivity index (χ2v) is 13.0. The second-order valence-electron chi connectivity index (χ2n) is 11.1. The molecule has 0 fully saturated rings. The maximum Gasteiger partial charge on any atom is 0.264 e. The summed E-state index contributed by atoms with van der Waals surface area (Å²) >= 11 is 0. The van der Waals surface area contributed by atoms with Crippen molar-refractivity contribution in [3.63, 3.8) is 0 Å². The van der Waals surface area contributed by atoms with Gasteiger partial charge >= 0.3 is 0 Å². The van der Waals surface area contributed by atoms with Gasteiger partial charge in [0, 0.05) is 19.0 Å². The Morgan fingerprint density at radius 3 is 1.95 bits per heavy atom. The lowest BCUT2D eigenvalue weighted by Crippen LogP contribution is -2.54. The highest BCUT2D eigenvalue weighted by Crippen LogP contribution is 2.29. The predicted octanol–water partition coefficient (Wildman–Crippen LogP) is 6.05. The van der Waals surface area contributed by atoms with Gasteiger partial charge in [0.05, 0.1) is 10.6 Å². The lowest BCUT2D eigenvalue weighted by Gasteiger charge is -2.34. The molecule has 0 radical (unpaired) electrons. The number of amides is 2. The van der Waals surface area contributed by atoms with Crippen LogP contribution in [0.15, 0.2) is 114 Å². The highest BCUT2D eigenvalue weighted by atomic mass is 32.2. The van der Waals surface area contributed by atoms with E-state index in [0.29, 0.717) is 11.3 Å². The van der Waals surface area contributed by atoms with Crippen LogP contribution in [0.5, 0.6) is 0 Å². The standard InChI is InChI=1S/C36H41N3O4S/c1-5-29(4)37-36(41)34(24-30-15-9-6-10-16-30)38(25-31-17-11-7-12-18-31)35(40)26-39(33-23-27(2)21-22-28(33)3)44(42,43)32-19-13-8-14-20-32/h6-23,29,34H,5,24-26H2,1-4H3,(H,37,41)/t29-,34+/m1/s1. The molecule has 230 valence electrons. The van der Waals surface area contributed by atoms with E-state index in [0.717, 1.165) is 23.1 Å². The predicted molar refractivity (Wildman–Crippen MR) is 176 cm³/mol. The Balaban J connectivity index is 1.82. The van der Waals surface area contributed by atoms with Gasteiger partial charge < -0.3 is 10.2 Å². The van der Waals surface area contributed by atoms with E-state index in [9.17, 15) is 18.0 Å². The number of aryl methyl sites for hydroxylation is 2. The summed E-state index contributed by atoms with van der Waals surface area (Å²) < 4.78 is 29.5. The minimum absolute atomic E-state index is 0.0821. The number of benzene rings is 4. The van der Waals surface area contributed by atoms with Crippen molar-refractivity contribution < 1.29 is 18.0 Å². The zero-order chi connectivity index (χ0) is 31.7. The van der Waals surface area contributed by atoms with Gasteiger partial charge in [0.2, 0.25) is 11.8 Å². The summed E-state index contributed by atoms with van der Waals surface area (Å²) in [5, 5.41) is 3.06. The average molecular weight is 612 g/mol. The van der Waals surface area contributed by atoms with Gasteiger partial charge in [0.15, 0.2) is 0 Å². The SMILES string of the molecule is CC[C@@H](C)NC(=O)[C@H](Cc1ccccc1)N(Cc1ccccc1)C(=O)CN(c1cc(C)ccc1C)S(=O)(=O)c1ccccc1. The van der Waals surface area contributed by atoms with E-state index in [2.05, 4.69) is 5.32 Å². The maximum absolute atomic E-state index is 14.5. The third-order valence-corrected chi connectivity index (χ3v) is 9.49. The van der Waals surface area contributed by atoms with E-state index in [1.807, 2.05) is 100 Å². The monoisotopic (exact) mass is 611 g/mol. The average Bonchev–Trinajstić information content (AvgIpc) is 3.03. The van der Waals surface area contributed by atoms with Crippen LogP contribution in [0.2, 0.25) is 0 Å². The molecule has 0 spiro atoms. The van der Waals surface area contributed by atoms with Crippen LogP contribution in [0.4, 0.5) is 5.69 Å². The molecule has 0 unspecified atom stereocenters. The van der Waals surface area contributed by atoms with Crippen LogP contribution >= 0.6 is 0 Å². The molecule has 0 aromatic heterocycles. The number of rotatable bonds is 13. The summed E-state index contributed by atoms with van der Waals surface area (Å²) in [5.74, 6) is -0.758. The van der Waals surface area contributed by atoms with Crippen molar-refractivity contribution in [1.29, 1.82) is 0 Å². The third-order valence-electron chi connectivity index (χ3n) is 7.71. The Kier molecular flexibility index (Phi) is 11.0. The minimum Gasteiger partial charge on any atom is -0.352 e. The van der Waals surface area contributed by atoms with Crippen LogP contribution in [0.1, 0.15) is 42.5 Å². The van der Waals surface area contributed by atoms with Crippen molar-refractivity contribution in [2.45, 2.75) is 64.1 Å². The van der Waals surface area contributed by atoms with Crippen LogP contribution in [-0.4, -0.2) is 43.8 Å². The first kappa shape index (κ1) is 32.5. The van der Waals surface area contributed by atoms with Gasteiger partial charge in [-0.2, -0.15) is 0 Å². The molecule has 2 atom stereocenters. The summed E-state index contributed by atoms with van der Waals surface area (Å²) in [6, 6.07) is 31.7. The van der Waals surface area contributed by atoms with Gasteiger partial charge in [-0.05, 0) is 67.6 Å². The molecule has 0 bridgehead atoms. The number of hydrogen-bond acceptors (Lipinski definition) is 4. The number of sulfonamides is 1. The molecule has 1 N–H and O–H groups in total. The topological polar surface area (TPSA) is 86.8 Å². The summed E-state index contributed by atoms with van der Waals surface area (Å²) in [7, 11) is -4.14. The number of nitrogens with one attached hydrogen (secondary N) is 1. The molecule has 7 nitrogen and oxygen atoms in total. The molecule has 2 amide bonds. The molecule has 0 aliphatic rings. The zero-order valence-corrected chi connectivity index (χ0v) is 26.6. The van der Waals surface area contributed by atoms with E-state index in [1.165, 1.54) is 21.3 Å². The molecule has 4 rings (SSSR count). The summed E-state index contributed by atoms with van der Waals surface area (Å²) in [4.78, 5) is 30.0. The van der Waals surface area contributed by atoms with Gasteiger partial charge in [-0.3, -0.25) is 13.9 Å². The smallest absolute Gasteiger partial charge is 0.264 e. The molecular formula is C36H41N3O4S. The molecule has 4 aromatic rings. The van der Waals surface area contributed by atoms with Crippen LogP contribution < -0.4 is 9.62 Å². The van der Waals surface area contributed by atoms with Crippen molar-refractivity contribution in [3.05, 3.63) is 131 Å². The van der Waals surface area contributed by atoms with Crippen molar-refractivity contribution in [2.24, 2.45) is 0 Å². The molecule has 8 heteroatoms. The van der Waals surface area contributed by atoms with Gasteiger partial charge in [-0.15, -0.1) is 0 Å². The molecule has 4 aromatic carbocycles. The summed E-state index contributed by atoms with van der Waals surface area (Å²) in [5.41, 5.74) is 3.73. The maximum atomic E-state index is 14.5. The van der Waals surface area contributed by atoms with E-state index in [-0.39, 0.29) is 29.8 Å². The fourth-order valence-corrected chi connectivity index (χ4v) is 6.49. The summed E-state index contributed by atoms with van der Waals surface area (Å²) in [6.45, 7) is 7.28. The largest absolute Gasteiger partial charge is 0.352 e. The van der Waals surface area contributed by atoms with E-state index >= 15 is 0 Å². The van der Waals surface area contributed by atoms with Crippen molar-refractivity contribution in [2.75, 3.05) is 10.8 Å². The highest BCUT2D eigenvalue weighted by molar-refractivity contribution is 7.92. The Bertz CT molecular complexity index is 1650. The normalized spacial score (nSPS) is 12.6. The summed E-state index contributed by atoms with van der Waals surface area (Å²) in [6.07, 6.45) is 1.00. The zero-order valence-electron chi connectivity index (χ0n) is 25.8. The quantitative estimate of drug-likeness (QED) is 0.199. The fraction of sp³-hybridized carbons (Fsp3) is 0.278. The number of hydrogen-bond donors (Lipinski definition) is 1. The molecular weight excluding hydrogens is 570 g/mol. The first-order valence-corrected chi connectivity index (χ1v) is 16.4. The molecule has 0 saturated heterocycles. The van der Waals surface area contributed by atoms with Gasteiger partial charge in [-0.1, -0.05) is 97.9 Å². The molecule has 44 heavy (non-hydrogen) atoms. The minimum atomic E-state index is -4.14. The Morgan fingerprint density at radius 2 is 1.36 bits per heavy atom. The second kappa shape index (κ2) is 14.8. The van der Waals surface area contributed by atoms with E-state index < -0.39 is 28.5 Å². The molecule has 0 heterocycles. The number of anilines is 1. The van der Waals surface area contributed by atoms with E-state index in [4.69, 9.17) is 0 Å². The van der Waals surface area contributed by atoms with E-state index in [1.54, 1.807) is 24.3 Å². The Labute approximate surface area is 261 Å². The fourth-order valence-electron chi connectivity index (χ4n) is 5.00. The van der Waals surface area contributed by atoms with Gasteiger partial charge in [-0.25, -0.2) is 8.42 Å². The third kappa shape index (κ3) is 8.14. The van der Waals surface area contributed by atoms with Crippen molar-refractivity contribution in [1.82, 2.24) is 10.2 Å². The van der Waals surface area contributed by atoms with Crippen molar-refractivity contribution in [3.8, 4) is 0 Å². The lowest BCUT2D eigenvalue weighted by molar-refractivity contribution is -0.140. The molecule has 0 saturated carbocycles. The lowest BCUT2D eigenvalue weighted by atomic mass is 10.0. The number of carbonyl (C=O) groups is 2. The van der Waals surface area contributed by atoms with Crippen LogP contribution in [0, 0.1) is 13.8 Å². The highest BCUT2D eigenvalue weighted by Gasteiger charge is 2.35. The van der Waals surface area contributed by atoms with Gasteiger partial charge in [0.25, 0.3) is 10.0 Å². The van der Waals surface area contributed by atoms with Crippen molar-refractivity contribution >= 4 is 27.5 Å². The van der Waals surface area contributed by atoms with Crippen LogP contribution in [0.25, 0.3) is 0 Å². The number of nitrogens with zero attached hydrogens (tertiary/aromatic N) is 2. The Morgan fingerprint density at radius 1 is 0.795 bits per heavy atom. The van der Waals surface area contributed by atoms with Crippen LogP contribution in [-0.2, 0) is 32.6 Å². The molecule has 0 aliphatic heterocycles. The van der Waals surface area contributed by atoms with Gasteiger partial charge in [0.1, 0.15) is 12.6 Å². The first-order valence-electron chi connectivity index (χ1n) is 14.9. The molecule has 0 aliphatic carbocycles. The number of carbonyl (C=O) groups excluding carboxylic acids is 2. The Hall–Kier alpha value is -4.43. The van der Waals surface area contributed by atoms with Crippen LogP contribution in [0.3, 0.4) is 0 Å². The first-order chi connectivity index (χ1) is 21.1.